The van der Waals surface area contributed by atoms with Crippen molar-refractivity contribution in [2.24, 2.45) is 0 Å². The number of nitrogens with zero attached hydrogens (tertiary/aromatic N) is 1. The Morgan fingerprint density at radius 2 is 1.62 bits per heavy atom. The highest BCUT2D eigenvalue weighted by Gasteiger charge is 2.31. The lowest BCUT2D eigenvalue weighted by molar-refractivity contribution is -0.152. The Bertz CT molecular complexity index is 774. The van der Waals surface area contributed by atoms with E-state index in [-0.39, 0.29) is 18.9 Å². The largest absolute Gasteiger partial charge is 0.481 e. The van der Waals surface area contributed by atoms with Gasteiger partial charge in [0.1, 0.15) is 6.61 Å². The fourth-order valence-electron chi connectivity index (χ4n) is 3.43. The highest BCUT2D eigenvalue weighted by Crippen LogP contribution is 2.44. The van der Waals surface area contributed by atoms with E-state index in [2.05, 4.69) is 12.1 Å². The average Bonchev–Trinajstić information content (AvgIpc) is 2.94. The molecule has 26 heavy (non-hydrogen) atoms. The van der Waals surface area contributed by atoms with E-state index in [4.69, 9.17) is 14.7 Å². The standard InChI is InChI=1S/C20H21NO5/c1-13(11-19(22)23)21(25-2)20(24)26-12-18-16-9-5-3-7-14(16)15-8-4-6-10-17(15)18/h3-10,13,18H,11-12H2,1-2H3,(H,22,23). The zero-order chi connectivity index (χ0) is 18.7. The maximum absolute atomic E-state index is 12.4. The summed E-state index contributed by atoms with van der Waals surface area (Å²) >= 11 is 0. The normalized spacial score (nSPS) is 13.6. The van der Waals surface area contributed by atoms with Crippen molar-refractivity contribution in [2.75, 3.05) is 13.7 Å². The Morgan fingerprint density at radius 3 is 2.12 bits per heavy atom. The lowest BCUT2D eigenvalue weighted by atomic mass is 9.98. The van der Waals surface area contributed by atoms with E-state index in [1.165, 1.54) is 7.11 Å². The number of carbonyl (C=O) groups excluding carboxylic acids is 1. The van der Waals surface area contributed by atoms with Crippen LogP contribution in [0.25, 0.3) is 11.1 Å². The molecule has 1 N–H and O–H groups in total. The van der Waals surface area contributed by atoms with E-state index in [0.29, 0.717) is 0 Å². The van der Waals surface area contributed by atoms with Gasteiger partial charge in [-0.1, -0.05) is 48.5 Å². The molecule has 3 rings (SSSR count). The Balaban J connectivity index is 1.75. The summed E-state index contributed by atoms with van der Waals surface area (Å²) in [6.07, 6.45) is -0.916. The summed E-state index contributed by atoms with van der Waals surface area (Å²) in [5, 5.41) is 9.86. The molecule has 0 bridgehead atoms. The number of carboxylic acid groups (broad SMARTS) is 1. The predicted molar refractivity (Wildman–Crippen MR) is 95.6 cm³/mol. The smallest absolute Gasteiger partial charge is 0.434 e. The molecule has 0 radical (unpaired) electrons. The zero-order valence-electron chi connectivity index (χ0n) is 14.7. The summed E-state index contributed by atoms with van der Waals surface area (Å²) < 4.78 is 5.46. The third-order valence-electron chi connectivity index (χ3n) is 4.58. The number of carboxylic acids is 1. The number of carbonyl (C=O) groups is 2. The summed E-state index contributed by atoms with van der Waals surface area (Å²) in [5.41, 5.74) is 4.52. The SMILES string of the molecule is CON(C(=O)OCC1c2ccccc2-c2ccccc21)C(C)CC(=O)O. The minimum Gasteiger partial charge on any atom is -0.481 e. The number of aliphatic carboxylic acids is 1. The van der Waals surface area contributed by atoms with Crippen molar-refractivity contribution in [3.63, 3.8) is 0 Å². The van der Waals surface area contributed by atoms with Gasteiger partial charge in [0.2, 0.25) is 0 Å². The van der Waals surface area contributed by atoms with Crippen LogP contribution in [0.3, 0.4) is 0 Å². The fraction of sp³-hybridized carbons (Fsp3) is 0.300. The minimum absolute atomic E-state index is 0.0557. The molecule has 0 fully saturated rings. The van der Waals surface area contributed by atoms with Gasteiger partial charge in [-0.2, -0.15) is 5.06 Å². The molecular formula is C20H21NO5. The van der Waals surface area contributed by atoms with Crippen LogP contribution in [0, 0.1) is 0 Å². The van der Waals surface area contributed by atoms with Crippen LogP contribution in [0.1, 0.15) is 30.4 Å². The second-order valence-electron chi connectivity index (χ2n) is 6.26. The number of rotatable bonds is 6. The molecule has 2 aromatic rings. The molecule has 0 saturated heterocycles. The number of ether oxygens (including phenoxy) is 1. The lowest BCUT2D eigenvalue weighted by Gasteiger charge is -2.25. The third kappa shape index (κ3) is 3.41. The van der Waals surface area contributed by atoms with Crippen molar-refractivity contribution in [2.45, 2.75) is 25.3 Å². The van der Waals surface area contributed by atoms with Crippen molar-refractivity contribution in [3.8, 4) is 11.1 Å². The average molecular weight is 355 g/mol. The molecule has 1 unspecified atom stereocenters. The van der Waals surface area contributed by atoms with Gasteiger partial charge in [-0.05, 0) is 29.2 Å². The number of hydrogen-bond donors (Lipinski definition) is 1. The molecule has 6 heteroatoms. The molecule has 1 aliphatic rings. The zero-order valence-corrected chi connectivity index (χ0v) is 14.7. The first kappa shape index (κ1) is 17.9. The van der Waals surface area contributed by atoms with Gasteiger partial charge in [0.15, 0.2) is 0 Å². The van der Waals surface area contributed by atoms with Gasteiger partial charge in [0.25, 0.3) is 0 Å². The molecule has 136 valence electrons. The Labute approximate surface area is 151 Å². The summed E-state index contributed by atoms with van der Waals surface area (Å²) in [7, 11) is 1.32. The van der Waals surface area contributed by atoms with E-state index in [9.17, 15) is 9.59 Å². The molecule has 0 aromatic heterocycles. The second-order valence-corrected chi connectivity index (χ2v) is 6.26. The maximum atomic E-state index is 12.4. The molecule has 6 nitrogen and oxygen atoms in total. The van der Waals surface area contributed by atoms with Crippen LogP contribution in [0.2, 0.25) is 0 Å². The summed E-state index contributed by atoms with van der Waals surface area (Å²) in [5.74, 6) is -1.06. The molecule has 2 aromatic carbocycles. The van der Waals surface area contributed by atoms with Crippen LogP contribution in [-0.4, -0.2) is 42.0 Å². The molecule has 1 amide bonds. The monoisotopic (exact) mass is 355 g/mol. The van der Waals surface area contributed by atoms with Crippen LogP contribution < -0.4 is 0 Å². The van der Waals surface area contributed by atoms with Gasteiger partial charge in [0.05, 0.1) is 19.6 Å². The van der Waals surface area contributed by atoms with Gasteiger partial charge in [-0.3, -0.25) is 9.63 Å². The predicted octanol–water partition coefficient (Wildman–Crippen LogP) is 3.66. The van der Waals surface area contributed by atoms with E-state index in [0.717, 1.165) is 27.3 Å². The van der Waals surface area contributed by atoms with Gasteiger partial charge in [0, 0.05) is 5.92 Å². The second kappa shape index (κ2) is 7.58. The van der Waals surface area contributed by atoms with Crippen molar-refractivity contribution in [1.29, 1.82) is 0 Å². The quantitative estimate of drug-likeness (QED) is 0.800. The Kier molecular flexibility index (Phi) is 5.23. The summed E-state index contributed by atoms with van der Waals surface area (Å²) in [4.78, 5) is 28.2. The van der Waals surface area contributed by atoms with Crippen LogP contribution in [-0.2, 0) is 14.4 Å². The van der Waals surface area contributed by atoms with Crippen LogP contribution in [0.15, 0.2) is 48.5 Å². The Morgan fingerprint density at radius 1 is 1.08 bits per heavy atom. The molecule has 1 atom stereocenters. The molecule has 0 spiro atoms. The van der Waals surface area contributed by atoms with Crippen LogP contribution >= 0.6 is 0 Å². The van der Waals surface area contributed by atoms with Crippen molar-refractivity contribution >= 4 is 12.1 Å². The van der Waals surface area contributed by atoms with E-state index < -0.39 is 18.1 Å². The third-order valence-corrected chi connectivity index (χ3v) is 4.58. The number of benzene rings is 2. The Hall–Kier alpha value is -2.86. The maximum Gasteiger partial charge on any atom is 0.434 e. The lowest BCUT2D eigenvalue weighted by Crippen LogP contribution is -2.39. The molecule has 0 heterocycles. The molecular weight excluding hydrogens is 334 g/mol. The van der Waals surface area contributed by atoms with Crippen molar-refractivity contribution < 1.29 is 24.3 Å². The fourth-order valence-corrected chi connectivity index (χ4v) is 3.43. The highest BCUT2D eigenvalue weighted by atomic mass is 16.7. The van der Waals surface area contributed by atoms with E-state index in [1.54, 1.807) is 6.92 Å². The van der Waals surface area contributed by atoms with Gasteiger partial charge in [-0.15, -0.1) is 0 Å². The first-order valence-electron chi connectivity index (χ1n) is 8.43. The van der Waals surface area contributed by atoms with Crippen molar-refractivity contribution in [3.05, 3.63) is 59.7 Å². The number of hydrogen-bond acceptors (Lipinski definition) is 4. The minimum atomic E-state index is -1.01. The van der Waals surface area contributed by atoms with E-state index in [1.807, 2.05) is 36.4 Å². The van der Waals surface area contributed by atoms with Gasteiger partial charge >= 0.3 is 12.1 Å². The van der Waals surface area contributed by atoms with Gasteiger partial charge < -0.3 is 9.84 Å². The van der Waals surface area contributed by atoms with Gasteiger partial charge in [-0.25, -0.2) is 4.79 Å². The molecule has 0 aliphatic heterocycles. The van der Waals surface area contributed by atoms with Crippen molar-refractivity contribution in [1.82, 2.24) is 5.06 Å². The number of amides is 1. The van der Waals surface area contributed by atoms with Crippen LogP contribution in [0.5, 0.6) is 0 Å². The molecule has 1 aliphatic carbocycles. The molecule has 0 saturated carbocycles. The first-order valence-corrected chi connectivity index (χ1v) is 8.43. The number of fused-ring (bicyclic) bond motifs is 3. The van der Waals surface area contributed by atoms with Crippen LogP contribution in [0.4, 0.5) is 4.79 Å². The summed E-state index contributed by atoms with van der Waals surface area (Å²) in [6.45, 7) is 1.76. The summed E-state index contributed by atoms with van der Waals surface area (Å²) in [6, 6.07) is 15.5. The number of hydroxylamine groups is 2. The topological polar surface area (TPSA) is 76.1 Å². The highest BCUT2D eigenvalue weighted by molar-refractivity contribution is 5.79. The first-order chi connectivity index (χ1) is 12.5. The van der Waals surface area contributed by atoms with E-state index >= 15 is 0 Å².